The second kappa shape index (κ2) is 11.1. The molecule has 4 rings (SSSR count). The normalized spacial score (nSPS) is 24.0. The first-order chi connectivity index (χ1) is 18.9. The summed E-state index contributed by atoms with van der Waals surface area (Å²) in [6.07, 6.45) is -3.23. The Hall–Kier alpha value is -2.92. The fourth-order valence-electron chi connectivity index (χ4n) is 6.02. The van der Waals surface area contributed by atoms with Gasteiger partial charge in [-0.3, -0.25) is 19.1 Å². The van der Waals surface area contributed by atoms with Crippen LogP contribution in [0.25, 0.3) is 0 Å². The molecule has 0 radical (unpaired) electrons. The molecule has 1 aliphatic heterocycles. The van der Waals surface area contributed by atoms with Gasteiger partial charge in [0.15, 0.2) is 11.5 Å². The number of halogens is 4. The summed E-state index contributed by atoms with van der Waals surface area (Å²) in [4.78, 5) is 39.9. The number of amides is 1. The maximum Gasteiger partial charge on any atom is 0.433 e. The Bertz CT molecular complexity index is 1330. The lowest BCUT2D eigenvalue weighted by atomic mass is 9.74. The van der Waals surface area contributed by atoms with Crippen molar-refractivity contribution in [1.29, 1.82) is 0 Å². The first-order valence-corrected chi connectivity index (χ1v) is 13.9. The summed E-state index contributed by atoms with van der Waals surface area (Å²) in [5, 5.41) is 13.7. The van der Waals surface area contributed by atoms with Crippen LogP contribution >= 0.6 is 11.6 Å². The average molecular weight is 598 g/mol. The smallest absolute Gasteiger partial charge is 0.433 e. The Kier molecular flexibility index (Phi) is 8.36. The molecule has 2 fully saturated rings. The molecule has 0 spiro atoms. The van der Waals surface area contributed by atoms with Crippen LogP contribution in [0.5, 0.6) is 0 Å². The molecule has 1 amide bonds. The van der Waals surface area contributed by atoms with Crippen LogP contribution in [0.4, 0.5) is 13.2 Å². The molecule has 0 unspecified atom stereocenters. The van der Waals surface area contributed by atoms with Gasteiger partial charge in [-0.2, -0.15) is 18.3 Å². The van der Waals surface area contributed by atoms with Gasteiger partial charge < -0.3 is 14.7 Å². The van der Waals surface area contributed by atoms with Crippen molar-refractivity contribution in [1.82, 2.24) is 14.7 Å². The topological polar surface area (TPSA) is 102 Å². The number of Topliss-reactive ketones (excluding diaryl/α,β-unsaturated/α-hetero) is 1. The molecule has 0 bridgehead atoms. The van der Waals surface area contributed by atoms with Gasteiger partial charge >= 0.3 is 12.1 Å². The van der Waals surface area contributed by atoms with Gasteiger partial charge in [-0.25, -0.2) is 0 Å². The number of aryl methyl sites for hydroxylation is 2. The van der Waals surface area contributed by atoms with Gasteiger partial charge in [0.25, 0.3) is 5.91 Å². The van der Waals surface area contributed by atoms with E-state index >= 15 is 0 Å². The van der Waals surface area contributed by atoms with Crippen LogP contribution in [0.2, 0.25) is 5.02 Å². The summed E-state index contributed by atoms with van der Waals surface area (Å²) in [6, 6.07) is 2.67. The number of nitrogens with zero attached hydrogens (tertiary/aromatic N) is 3. The second-order valence-electron chi connectivity index (χ2n) is 12.2. The predicted octanol–water partition coefficient (Wildman–Crippen LogP) is 6.27. The SMILES string of the molecule is Cc1cc(C)c(C(=O)CN(C[C@@H]2CC(C)(C)O2)C(=O)c2cnn(C3CCC(C)(C(=O)O)CC3)c2C(F)(F)F)c(Cl)c1. The van der Waals surface area contributed by atoms with Gasteiger partial charge in [-0.1, -0.05) is 17.7 Å². The van der Waals surface area contributed by atoms with Crippen molar-refractivity contribution in [2.24, 2.45) is 5.41 Å². The number of carboxylic acid groups (broad SMARTS) is 1. The largest absolute Gasteiger partial charge is 0.481 e. The summed E-state index contributed by atoms with van der Waals surface area (Å²) in [6.45, 7) is 8.26. The average Bonchev–Trinajstić information content (AvgIpc) is 3.27. The van der Waals surface area contributed by atoms with E-state index in [1.165, 1.54) is 0 Å². The zero-order chi connectivity index (χ0) is 30.5. The number of ketones is 1. The van der Waals surface area contributed by atoms with E-state index in [4.69, 9.17) is 16.3 Å². The summed E-state index contributed by atoms with van der Waals surface area (Å²) in [7, 11) is 0. The summed E-state index contributed by atoms with van der Waals surface area (Å²) >= 11 is 6.36. The molecule has 1 aliphatic carbocycles. The molecule has 1 aromatic heterocycles. The van der Waals surface area contributed by atoms with Crippen molar-refractivity contribution in [3.05, 3.63) is 51.3 Å². The molecular weight excluding hydrogens is 563 g/mol. The van der Waals surface area contributed by atoms with Crippen molar-refractivity contribution in [2.45, 2.75) is 90.6 Å². The molecule has 41 heavy (non-hydrogen) atoms. The molecule has 1 aromatic carbocycles. The maximum absolute atomic E-state index is 14.5. The molecule has 2 aliphatic rings. The summed E-state index contributed by atoms with van der Waals surface area (Å²) in [5.41, 5.74) is -1.68. The zero-order valence-electron chi connectivity index (χ0n) is 23.8. The first-order valence-electron chi connectivity index (χ1n) is 13.6. The highest BCUT2D eigenvalue weighted by Gasteiger charge is 2.46. The van der Waals surface area contributed by atoms with Gasteiger partial charge in [0, 0.05) is 18.5 Å². The molecule has 8 nitrogen and oxygen atoms in total. The summed E-state index contributed by atoms with van der Waals surface area (Å²) < 4.78 is 50.0. The number of ether oxygens (including phenoxy) is 1. The van der Waals surface area contributed by atoms with E-state index < -0.39 is 64.8 Å². The van der Waals surface area contributed by atoms with Crippen LogP contribution in [0, 0.1) is 19.3 Å². The van der Waals surface area contributed by atoms with Gasteiger partial charge in [0.05, 0.1) is 46.5 Å². The highest BCUT2D eigenvalue weighted by atomic mass is 35.5. The number of benzene rings is 1. The van der Waals surface area contributed by atoms with Crippen LogP contribution in [0.1, 0.15) is 96.5 Å². The number of alkyl halides is 3. The van der Waals surface area contributed by atoms with Gasteiger partial charge in [-0.05, 0) is 77.5 Å². The van der Waals surface area contributed by atoms with Gasteiger partial charge in [0.1, 0.15) is 0 Å². The molecule has 224 valence electrons. The zero-order valence-corrected chi connectivity index (χ0v) is 24.5. The number of rotatable bonds is 8. The molecule has 1 saturated carbocycles. The van der Waals surface area contributed by atoms with Gasteiger partial charge in [0.2, 0.25) is 0 Å². The lowest BCUT2D eigenvalue weighted by molar-refractivity contribution is -0.187. The van der Waals surface area contributed by atoms with Crippen molar-refractivity contribution in [3.63, 3.8) is 0 Å². The second-order valence-corrected chi connectivity index (χ2v) is 12.6. The van der Waals surface area contributed by atoms with Gasteiger partial charge in [-0.15, -0.1) is 0 Å². The summed E-state index contributed by atoms with van der Waals surface area (Å²) in [5.74, 6) is -2.48. The van der Waals surface area contributed by atoms with E-state index in [0.29, 0.717) is 12.0 Å². The van der Waals surface area contributed by atoms with E-state index in [2.05, 4.69) is 5.10 Å². The molecule has 1 atom stereocenters. The molecular formula is C29H35ClF3N3O5. The number of hydrogen-bond donors (Lipinski definition) is 1. The molecule has 1 saturated heterocycles. The van der Waals surface area contributed by atoms with Crippen LogP contribution in [0.3, 0.4) is 0 Å². The minimum Gasteiger partial charge on any atom is -0.481 e. The van der Waals surface area contributed by atoms with Crippen molar-refractivity contribution < 1.29 is 37.4 Å². The number of carboxylic acids is 1. The van der Waals surface area contributed by atoms with Crippen molar-refractivity contribution >= 4 is 29.3 Å². The fourth-order valence-corrected chi connectivity index (χ4v) is 6.45. The Labute approximate surface area is 241 Å². The molecule has 1 N–H and O–H groups in total. The third kappa shape index (κ3) is 6.45. The monoisotopic (exact) mass is 597 g/mol. The Morgan fingerprint density at radius 2 is 1.78 bits per heavy atom. The fraction of sp³-hybridized carbons (Fsp3) is 0.586. The van der Waals surface area contributed by atoms with Crippen LogP contribution in [-0.2, 0) is 15.7 Å². The molecule has 2 aromatic rings. The third-order valence-corrected chi connectivity index (χ3v) is 8.47. The van der Waals surface area contributed by atoms with E-state index in [9.17, 15) is 32.7 Å². The maximum atomic E-state index is 14.5. The van der Waals surface area contributed by atoms with Crippen molar-refractivity contribution in [2.75, 3.05) is 13.1 Å². The lowest BCUT2D eigenvalue weighted by Gasteiger charge is -2.44. The minimum absolute atomic E-state index is 0.0839. The quantitative estimate of drug-likeness (QED) is 0.360. The van der Waals surface area contributed by atoms with Crippen LogP contribution in [0.15, 0.2) is 18.3 Å². The Balaban J connectivity index is 1.66. The number of hydrogen-bond acceptors (Lipinski definition) is 5. The van der Waals surface area contributed by atoms with Crippen LogP contribution in [-0.4, -0.2) is 62.2 Å². The van der Waals surface area contributed by atoms with Crippen molar-refractivity contribution in [3.8, 4) is 0 Å². The Morgan fingerprint density at radius 3 is 2.29 bits per heavy atom. The highest BCUT2D eigenvalue weighted by Crippen LogP contribution is 2.43. The van der Waals surface area contributed by atoms with E-state index in [-0.39, 0.29) is 42.8 Å². The number of carbonyl (C=O) groups is 3. The van der Waals surface area contributed by atoms with E-state index in [0.717, 1.165) is 21.3 Å². The minimum atomic E-state index is -4.92. The number of aromatic nitrogens is 2. The lowest BCUT2D eigenvalue weighted by Crippen LogP contribution is -2.53. The van der Waals surface area contributed by atoms with Crippen LogP contribution < -0.4 is 0 Å². The highest BCUT2D eigenvalue weighted by molar-refractivity contribution is 6.34. The van der Waals surface area contributed by atoms with E-state index in [1.807, 2.05) is 20.8 Å². The third-order valence-electron chi connectivity index (χ3n) is 8.18. The Morgan fingerprint density at radius 1 is 1.17 bits per heavy atom. The first kappa shape index (κ1) is 31.0. The standard InChI is InChI=1S/C29H35ClF3N3O5/c1-16-10-17(2)23(21(30)11-16)22(37)15-35(14-19-12-27(3,4)41-19)25(38)20-13-34-36(24(20)29(31,32)33)18-6-8-28(5,9-7-18)26(39)40/h10-11,13,18-19H,6-9,12,14-15H2,1-5H3,(H,39,40)/t18?,19-,28?/m0/s1. The molecule has 12 heteroatoms. The molecule has 2 heterocycles. The predicted molar refractivity (Wildman–Crippen MR) is 145 cm³/mol. The number of aliphatic carboxylic acids is 1. The van der Waals surface area contributed by atoms with E-state index in [1.54, 1.807) is 26.0 Å². The number of carbonyl (C=O) groups excluding carboxylic acids is 2.